The van der Waals surface area contributed by atoms with Crippen molar-refractivity contribution in [1.29, 1.82) is 0 Å². The quantitative estimate of drug-likeness (QED) is 0.713. The molecule has 0 aliphatic carbocycles. The first-order valence-corrected chi connectivity index (χ1v) is 6.79. The Balaban J connectivity index is 1.76. The molecule has 0 radical (unpaired) electrons. The molecule has 2 rings (SSSR count). The van der Waals surface area contributed by atoms with Crippen LogP contribution in [0.1, 0.15) is 39.0 Å². The fraction of sp³-hybridized carbons (Fsp3) is 0.923. The number of hydrogen-bond donors (Lipinski definition) is 2. The van der Waals surface area contributed by atoms with E-state index in [1.54, 1.807) is 0 Å². The molecule has 2 aliphatic heterocycles. The van der Waals surface area contributed by atoms with Crippen LogP contribution in [0.25, 0.3) is 0 Å². The van der Waals surface area contributed by atoms with E-state index < -0.39 is 0 Å². The van der Waals surface area contributed by atoms with Crippen molar-refractivity contribution >= 4 is 5.71 Å². The Bertz CT molecular complexity index is 225. The van der Waals surface area contributed by atoms with Crippen molar-refractivity contribution in [3.05, 3.63) is 0 Å². The minimum atomic E-state index is 0.547. The summed E-state index contributed by atoms with van der Waals surface area (Å²) in [5.74, 6) is 0.828. The summed E-state index contributed by atoms with van der Waals surface area (Å²) in [5, 5.41) is 6.90. The van der Waals surface area contributed by atoms with Crippen LogP contribution in [0.15, 0.2) is 4.99 Å². The van der Waals surface area contributed by atoms with Crippen molar-refractivity contribution < 1.29 is 0 Å². The first-order chi connectivity index (χ1) is 7.84. The van der Waals surface area contributed by atoms with Gasteiger partial charge in [-0.3, -0.25) is 4.99 Å². The first-order valence-electron chi connectivity index (χ1n) is 6.79. The van der Waals surface area contributed by atoms with Gasteiger partial charge in [0.2, 0.25) is 0 Å². The number of hydrogen-bond acceptors (Lipinski definition) is 3. The highest BCUT2D eigenvalue weighted by molar-refractivity contribution is 5.82. The van der Waals surface area contributed by atoms with Crippen LogP contribution in [0.2, 0.25) is 0 Å². The van der Waals surface area contributed by atoms with Crippen LogP contribution in [0.4, 0.5) is 0 Å². The van der Waals surface area contributed by atoms with Crippen LogP contribution >= 0.6 is 0 Å². The van der Waals surface area contributed by atoms with Gasteiger partial charge in [-0.1, -0.05) is 0 Å². The Morgan fingerprint density at radius 3 is 2.50 bits per heavy atom. The fourth-order valence-electron chi connectivity index (χ4n) is 2.82. The molecule has 92 valence electrons. The standard InChI is InChI=1S/C13H25N3/c1-11(8-12-4-2-6-14-9-12)16-13-5-3-7-15-10-13/h12-15H,2-10H2,1H3. The van der Waals surface area contributed by atoms with E-state index in [1.165, 1.54) is 57.5 Å². The third-order valence-corrected chi connectivity index (χ3v) is 3.66. The number of nitrogens with one attached hydrogen (secondary N) is 2. The van der Waals surface area contributed by atoms with E-state index >= 15 is 0 Å². The Hall–Kier alpha value is -0.410. The molecule has 2 saturated heterocycles. The lowest BCUT2D eigenvalue weighted by molar-refractivity contribution is 0.386. The summed E-state index contributed by atoms with van der Waals surface area (Å²) in [5.41, 5.74) is 1.36. The monoisotopic (exact) mass is 223 g/mol. The van der Waals surface area contributed by atoms with Gasteiger partial charge < -0.3 is 10.6 Å². The number of aliphatic imine (C=N–C) groups is 1. The van der Waals surface area contributed by atoms with E-state index in [9.17, 15) is 0 Å². The van der Waals surface area contributed by atoms with E-state index in [2.05, 4.69) is 17.6 Å². The van der Waals surface area contributed by atoms with E-state index in [1.807, 2.05) is 0 Å². The van der Waals surface area contributed by atoms with Crippen molar-refractivity contribution in [2.45, 2.75) is 45.1 Å². The van der Waals surface area contributed by atoms with Gasteiger partial charge in [-0.05, 0) is 64.6 Å². The van der Waals surface area contributed by atoms with Gasteiger partial charge in [-0.15, -0.1) is 0 Å². The maximum Gasteiger partial charge on any atom is 0.0623 e. The van der Waals surface area contributed by atoms with Gasteiger partial charge in [0.05, 0.1) is 6.04 Å². The Labute approximate surface area is 99.1 Å². The minimum Gasteiger partial charge on any atom is -0.316 e. The lowest BCUT2D eigenvalue weighted by Crippen LogP contribution is -2.34. The van der Waals surface area contributed by atoms with Crippen LogP contribution in [0.5, 0.6) is 0 Å². The second kappa shape index (κ2) is 6.36. The van der Waals surface area contributed by atoms with Gasteiger partial charge in [-0.25, -0.2) is 0 Å². The molecule has 0 bridgehead atoms. The second-order valence-corrected chi connectivity index (χ2v) is 5.28. The summed E-state index contributed by atoms with van der Waals surface area (Å²) in [6.45, 7) is 6.87. The average Bonchev–Trinajstić information content (AvgIpc) is 2.31. The molecule has 16 heavy (non-hydrogen) atoms. The summed E-state index contributed by atoms with van der Waals surface area (Å²) in [6, 6.07) is 0.547. The summed E-state index contributed by atoms with van der Waals surface area (Å²) in [6.07, 6.45) is 6.47. The number of piperidine rings is 2. The van der Waals surface area contributed by atoms with Gasteiger partial charge in [-0.2, -0.15) is 0 Å². The fourth-order valence-corrected chi connectivity index (χ4v) is 2.82. The number of rotatable bonds is 3. The van der Waals surface area contributed by atoms with Gasteiger partial charge in [0.25, 0.3) is 0 Å². The van der Waals surface area contributed by atoms with Crippen molar-refractivity contribution in [1.82, 2.24) is 10.6 Å². The van der Waals surface area contributed by atoms with Crippen LogP contribution in [-0.2, 0) is 0 Å². The maximum atomic E-state index is 4.86. The highest BCUT2D eigenvalue weighted by Gasteiger charge is 2.15. The summed E-state index contributed by atoms with van der Waals surface area (Å²) < 4.78 is 0. The van der Waals surface area contributed by atoms with Crippen molar-refractivity contribution in [2.75, 3.05) is 26.2 Å². The zero-order valence-corrected chi connectivity index (χ0v) is 10.5. The summed E-state index contributed by atoms with van der Waals surface area (Å²) in [4.78, 5) is 4.86. The molecule has 0 aromatic heterocycles. The molecule has 3 nitrogen and oxygen atoms in total. The summed E-state index contributed by atoms with van der Waals surface area (Å²) in [7, 11) is 0. The Morgan fingerprint density at radius 2 is 1.88 bits per heavy atom. The smallest absolute Gasteiger partial charge is 0.0623 e. The normalized spacial score (nSPS) is 32.7. The first kappa shape index (κ1) is 12.1. The lowest BCUT2D eigenvalue weighted by atomic mass is 9.94. The molecule has 2 aliphatic rings. The lowest BCUT2D eigenvalue weighted by Gasteiger charge is -2.24. The molecule has 2 fully saturated rings. The zero-order valence-electron chi connectivity index (χ0n) is 10.5. The number of nitrogens with zero attached hydrogens (tertiary/aromatic N) is 1. The van der Waals surface area contributed by atoms with Crippen LogP contribution in [-0.4, -0.2) is 37.9 Å². The minimum absolute atomic E-state index is 0.547. The Morgan fingerprint density at radius 1 is 1.12 bits per heavy atom. The highest BCUT2D eigenvalue weighted by atomic mass is 14.9. The summed E-state index contributed by atoms with van der Waals surface area (Å²) >= 11 is 0. The van der Waals surface area contributed by atoms with Crippen molar-refractivity contribution in [3.8, 4) is 0 Å². The molecule has 0 spiro atoms. The molecule has 0 amide bonds. The van der Waals surface area contributed by atoms with Gasteiger partial charge in [0, 0.05) is 12.3 Å². The highest BCUT2D eigenvalue weighted by Crippen LogP contribution is 2.16. The zero-order chi connectivity index (χ0) is 11.2. The van der Waals surface area contributed by atoms with E-state index in [4.69, 9.17) is 4.99 Å². The van der Waals surface area contributed by atoms with Crippen LogP contribution < -0.4 is 10.6 Å². The Kier molecular flexibility index (Phi) is 4.79. The topological polar surface area (TPSA) is 36.4 Å². The second-order valence-electron chi connectivity index (χ2n) is 5.28. The van der Waals surface area contributed by atoms with Gasteiger partial charge in [0.1, 0.15) is 0 Å². The third-order valence-electron chi connectivity index (χ3n) is 3.66. The SMILES string of the molecule is CC(CC1CCCNC1)=NC1CCCNC1. The molecule has 0 aromatic rings. The van der Waals surface area contributed by atoms with Crippen molar-refractivity contribution in [2.24, 2.45) is 10.9 Å². The van der Waals surface area contributed by atoms with E-state index in [0.29, 0.717) is 6.04 Å². The molecular formula is C13H25N3. The molecule has 2 atom stereocenters. The van der Waals surface area contributed by atoms with Gasteiger partial charge in [0.15, 0.2) is 0 Å². The maximum absolute atomic E-state index is 4.86. The average molecular weight is 223 g/mol. The predicted molar refractivity (Wildman–Crippen MR) is 69.2 cm³/mol. The third kappa shape index (κ3) is 3.87. The molecule has 2 heterocycles. The molecule has 3 heteroatoms. The van der Waals surface area contributed by atoms with Gasteiger partial charge >= 0.3 is 0 Å². The van der Waals surface area contributed by atoms with Crippen molar-refractivity contribution in [3.63, 3.8) is 0 Å². The van der Waals surface area contributed by atoms with E-state index in [-0.39, 0.29) is 0 Å². The van der Waals surface area contributed by atoms with E-state index in [0.717, 1.165) is 12.5 Å². The predicted octanol–water partition coefficient (Wildman–Crippen LogP) is 1.59. The molecule has 0 saturated carbocycles. The van der Waals surface area contributed by atoms with Crippen LogP contribution in [0.3, 0.4) is 0 Å². The molecule has 0 aromatic carbocycles. The molecule has 2 unspecified atom stereocenters. The largest absolute Gasteiger partial charge is 0.316 e. The molecular weight excluding hydrogens is 198 g/mol. The molecule has 2 N–H and O–H groups in total. The van der Waals surface area contributed by atoms with Crippen LogP contribution in [0, 0.1) is 5.92 Å².